The Hall–Kier alpha value is -1.29. The van der Waals surface area contributed by atoms with Crippen molar-refractivity contribution in [3.63, 3.8) is 0 Å². The molecule has 0 amide bonds. The zero-order valence-corrected chi connectivity index (χ0v) is 8.36. The van der Waals surface area contributed by atoms with E-state index in [9.17, 15) is 13.2 Å². The van der Waals surface area contributed by atoms with Crippen molar-refractivity contribution in [1.82, 2.24) is 0 Å². The first-order valence-electron chi connectivity index (χ1n) is 3.90. The predicted molar refractivity (Wildman–Crippen MR) is 55.8 cm³/mol. The van der Waals surface area contributed by atoms with E-state index in [0.29, 0.717) is 0 Å². The molecule has 1 aromatic rings. The largest absolute Gasteiger partial charge is 0.418 e. The minimum atomic E-state index is -4.53. The smallest absolute Gasteiger partial charge is 0.264 e. The van der Waals surface area contributed by atoms with Crippen LogP contribution in [0.3, 0.4) is 0 Å². The lowest BCUT2D eigenvalue weighted by Gasteiger charge is -2.13. The van der Waals surface area contributed by atoms with Gasteiger partial charge >= 0.3 is 6.18 Å². The Morgan fingerprint density at radius 1 is 1.33 bits per heavy atom. The monoisotopic (exact) mass is 233 g/mol. The number of hydrogen-bond acceptors (Lipinski definition) is 1. The molecule has 0 aliphatic rings. The van der Waals surface area contributed by atoms with E-state index in [-0.39, 0.29) is 16.3 Å². The number of hydrogen-bond donors (Lipinski definition) is 0. The van der Waals surface area contributed by atoms with Crippen molar-refractivity contribution in [3.8, 4) is 0 Å². The van der Waals surface area contributed by atoms with E-state index >= 15 is 0 Å². The molecule has 0 heterocycles. The minimum absolute atomic E-state index is 0.113. The van der Waals surface area contributed by atoms with Crippen LogP contribution in [0.2, 0.25) is 5.02 Å². The van der Waals surface area contributed by atoms with E-state index in [4.69, 9.17) is 11.6 Å². The normalized spacial score (nSPS) is 11.2. The minimum Gasteiger partial charge on any atom is -0.264 e. The molecule has 0 fully saturated rings. The van der Waals surface area contributed by atoms with Gasteiger partial charge in [-0.1, -0.05) is 24.3 Å². The average Bonchev–Trinajstić information content (AvgIpc) is 2.15. The Bertz CT molecular complexity index is 410. The molecular weight excluding hydrogens is 227 g/mol. The summed E-state index contributed by atoms with van der Waals surface area (Å²) in [4.78, 5) is 3.48. The van der Waals surface area contributed by atoms with Crippen LogP contribution in [0, 0.1) is 0 Å². The van der Waals surface area contributed by atoms with Gasteiger partial charge in [0.25, 0.3) is 0 Å². The molecule has 15 heavy (non-hydrogen) atoms. The van der Waals surface area contributed by atoms with E-state index in [1.807, 2.05) is 0 Å². The summed E-state index contributed by atoms with van der Waals surface area (Å²) in [6, 6.07) is 2.50. The highest BCUT2D eigenvalue weighted by Crippen LogP contribution is 2.41. The highest BCUT2D eigenvalue weighted by atomic mass is 35.5. The quantitative estimate of drug-likeness (QED) is 0.674. The summed E-state index contributed by atoms with van der Waals surface area (Å²) in [5, 5.41) is -0.371. The molecule has 1 nitrogen and oxygen atoms in total. The van der Waals surface area contributed by atoms with Gasteiger partial charge in [0.15, 0.2) is 0 Å². The van der Waals surface area contributed by atoms with Crippen LogP contribution in [0.25, 0.3) is 6.08 Å². The molecule has 0 saturated heterocycles. The molecule has 80 valence electrons. The van der Waals surface area contributed by atoms with Crippen LogP contribution in [0.4, 0.5) is 18.9 Å². The number of aliphatic imine (C=N–C) groups is 1. The topological polar surface area (TPSA) is 12.4 Å². The molecule has 0 saturated carbocycles. The molecule has 0 bridgehead atoms. The Morgan fingerprint density at radius 2 is 1.93 bits per heavy atom. The van der Waals surface area contributed by atoms with Crippen molar-refractivity contribution in [1.29, 1.82) is 0 Å². The summed E-state index contributed by atoms with van der Waals surface area (Å²) in [6.45, 7) is 6.49. The lowest BCUT2D eigenvalue weighted by molar-refractivity contribution is -0.137. The predicted octanol–water partition coefficient (Wildman–Crippen LogP) is 4.33. The molecule has 0 spiro atoms. The van der Waals surface area contributed by atoms with Crippen LogP contribution in [-0.4, -0.2) is 6.72 Å². The van der Waals surface area contributed by atoms with E-state index in [2.05, 4.69) is 18.3 Å². The summed E-state index contributed by atoms with van der Waals surface area (Å²) in [6.07, 6.45) is -3.46. The Balaban J connectivity index is 3.60. The maximum atomic E-state index is 12.6. The summed E-state index contributed by atoms with van der Waals surface area (Å²) < 4.78 is 37.9. The second-order valence-electron chi connectivity index (χ2n) is 2.72. The van der Waals surface area contributed by atoms with Gasteiger partial charge in [-0.25, -0.2) is 0 Å². The van der Waals surface area contributed by atoms with Gasteiger partial charge in [0.2, 0.25) is 0 Å². The van der Waals surface area contributed by atoms with Gasteiger partial charge in [0, 0.05) is 5.56 Å². The Morgan fingerprint density at radius 3 is 2.33 bits per heavy atom. The third-order valence-electron chi connectivity index (χ3n) is 1.83. The molecule has 5 heteroatoms. The van der Waals surface area contributed by atoms with Crippen molar-refractivity contribution >= 4 is 30.1 Å². The highest BCUT2D eigenvalue weighted by Gasteiger charge is 2.36. The molecule has 0 aliphatic carbocycles. The molecular formula is C10H7ClF3N. The maximum Gasteiger partial charge on any atom is 0.418 e. The zero-order chi connectivity index (χ0) is 11.6. The van der Waals surface area contributed by atoms with Crippen molar-refractivity contribution in [2.75, 3.05) is 0 Å². The summed E-state index contributed by atoms with van der Waals surface area (Å²) >= 11 is 5.49. The van der Waals surface area contributed by atoms with Crippen molar-refractivity contribution in [2.45, 2.75) is 6.18 Å². The summed E-state index contributed by atoms with van der Waals surface area (Å²) in [5.41, 5.74) is -0.962. The summed E-state index contributed by atoms with van der Waals surface area (Å²) in [7, 11) is 0. The van der Waals surface area contributed by atoms with Crippen LogP contribution in [0.15, 0.2) is 23.7 Å². The first kappa shape index (κ1) is 11.8. The molecule has 1 aromatic carbocycles. The number of halogens is 4. The van der Waals surface area contributed by atoms with Gasteiger partial charge in [-0.15, -0.1) is 0 Å². The van der Waals surface area contributed by atoms with E-state index < -0.39 is 11.7 Å². The van der Waals surface area contributed by atoms with Crippen LogP contribution < -0.4 is 0 Å². The lowest BCUT2D eigenvalue weighted by atomic mass is 10.0. The van der Waals surface area contributed by atoms with Crippen LogP contribution in [0.5, 0.6) is 0 Å². The fourth-order valence-corrected chi connectivity index (χ4v) is 1.49. The highest BCUT2D eigenvalue weighted by molar-refractivity contribution is 6.31. The maximum absolute atomic E-state index is 12.6. The Kier molecular flexibility index (Phi) is 3.19. The molecule has 0 atom stereocenters. The van der Waals surface area contributed by atoms with Crippen LogP contribution in [-0.2, 0) is 6.18 Å². The first-order chi connectivity index (χ1) is 6.91. The van der Waals surface area contributed by atoms with Gasteiger partial charge in [-0.05, 0) is 18.9 Å². The molecule has 0 radical (unpaired) electrons. The second kappa shape index (κ2) is 4.06. The number of alkyl halides is 3. The van der Waals surface area contributed by atoms with E-state index in [1.54, 1.807) is 0 Å². The number of benzene rings is 1. The number of nitrogens with zero attached hydrogens (tertiary/aromatic N) is 1. The second-order valence-corrected chi connectivity index (χ2v) is 3.12. The first-order valence-corrected chi connectivity index (χ1v) is 4.28. The van der Waals surface area contributed by atoms with Crippen molar-refractivity contribution < 1.29 is 13.2 Å². The van der Waals surface area contributed by atoms with Crippen LogP contribution in [0.1, 0.15) is 11.1 Å². The molecule has 0 N–H and O–H groups in total. The standard InChI is InChI=1S/C10H7ClF3N/c1-3-6-8(15-2)5-4-7(11)9(6)10(12,13)14/h3-5H,1-2H2. The van der Waals surface area contributed by atoms with E-state index in [1.165, 1.54) is 6.07 Å². The summed E-state index contributed by atoms with van der Waals surface area (Å²) in [5.74, 6) is 0. The van der Waals surface area contributed by atoms with Gasteiger partial charge in [0.05, 0.1) is 16.3 Å². The zero-order valence-electron chi connectivity index (χ0n) is 7.61. The lowest BCUT2D eigenvalue weighted by Crippen LogP contribution is -2.08. The van der Waals surface area contributed by atoms with Gasteiger partial charge < -0.3 is 0 Å². The molecule has 0 unspecified atom stereocenters. The molecule has 0 aromatic heterocycles. The third kappa shape index (κ3) is 2.21. The van der Waals surface area contributed by atoms with E-state index in [0.717, 1.165) is 12.1 Å². The van der Waals surface area contributed by atoms with Crippen molar-refractivity contribution in [3.05, 3.63) is 34.9 Å². The van der Waals surface area contributed by atoms with Crippen LogP contribution >= 0.6 is 11.6 Å². The molecule has 1 rings (SSSR count). The average molecular weight is 234 g/mol. The molecule has 0 aliphatic heterocycles. The third-order valence-corrected chi connectivity index (χ3v) is 2.14. The van der Waals surface area contributed by atoms with Gasteiger partial charge in [0.1, 0.15) is 0 Å². The SMILES string of the molecule is C=Cc1c(N=C)ccc(Cl)c1C(F)(F)F. The van der Waals surface area contributed by atoms with Gasteiger partial charge in [-0.3, -0.25) is 4.99 Å². The fourth-order valence-electron chi connectivity index (χ4n) is 1.21. The Labute approximate surface area is 89.9 Å². The van der Waals surface area contributed by atoms with Gasteiger partial charge in [-0.2, -0.15) is 13.2 Å². The number of rotatable bonds is 2. The van der Waals surface area contributed by atoms with Crippen molar-refractivity contribution in [2.24, 2.45) is 4.99 Å². The fraction of sp³-hybridized carbons (Fsp3) is 0.100.